The molecular formula is C27H29N5O3S2. The van der Waals surface area contributed by atoms with Gasteiger partial charge in [-0.2, -0.15) is 0 Å². The molecular weight excluding hydrogens is 506 g/mol. The van der Waals surface area contributed by atoms with E-state index < -0.39 is 5.25 Å². The molecule has 0 saturated heterocycles. The van der Waals surface area contributed by atoms with Crippen molar-refractivity contribution in [3.63, 3.8) is 0 Å². The summed E-state index contributed by atoms with van der Waals surface area (Å²) in [5.41, 5.74) is 3.99. The Morgan fingerprint density at radius 1 is 1.24 bits per heavy atom. The van der Waals surface area contributed by atoms with Gasteiger partial charge in [0.2, 0.25) is 11.1 Å². The highest BCUT2D eigenvalue weighted by Gasteiger charge is 2.29. The summed E-state index contributed by atoms with van der Waals surface area (Å²) in [6.45, 7) is 8.49. The van der Waals surface area contributed by atoms with Gasteiger partial charge in [0.15, 0.2) is 5.65 Å². The fourth-order valence-electron chi connectivity index (χ4n) is 4.77. The average molecular weight is 536 g/mol. The standard InChI is InChI=1S/C27H29N5O3S2/c1-4-15-32-18-13-9-7-11-16(18)22-23(32)28-27(31-30-22)37-19(5-2)24(33)29-25-21(26(34)35-6-3)17-12-8-10-14-20(17)36-25/h4,7,9,11,13,19H,1,5-6,8,10,12,14-15H2,2-3H3,(H,29,33). The number of carbonyl (C=O) groups is 2. The lowest BCUT2D eigenvalue weighted by Crippen LogP contribution is -2.25. The number of para-hydroxylation sites is 1. The van der Waals surface area contributed by atoms with Gasteiger partial charge in [-0.15, -0.1) is 28.1 Å². The van der Waals surface area contributed by atoms with Gasteiger partial charge in [-0.25, -0.2) is 9.78 Å². The van der Waals surface area contributed by atoms with Gasteiger partial charge >= 0.3 is 5.97 Å². The topological polar surface area (TPSA) is 99.0 Å². The van der Waals surface area contributed by atoms with Gasteiger partial charge < -0.3 is 14.6 Å². The first-order valence-corrected chi connectivity index (χ1v) is 14.3. The number of amides is 1. The number of aryl methyl sites for hydroxylation is 1. The molecule has 0 bridgehead atoms. The fourth-order valence-corrected chi connectivity index (χ4v) is 6.86. The number of hydrogen-bond acceptors (Lipinski definition) is 8. The lowest BCUT2D eigenvalue weighted by molar-refractivity contribution is -0.115. The summed E-state index contributed by atoms with van der Waals surface area (Å²) in [4.78, 5) is 32.1. The van der Waals surface area contributed by atoms with Crippen molar-refractivity contribution >= 4 is 62.0 Å². The zero-order chi connectivity index (χ0) is 25.9. The molecule has 10 heteroatoms. The number of benzene rings is 1. The predicted molar refractivity (Wildman–Crippen MR) is 149 cm³/mol. The van der Waals surface area contributed by atoms with Crippen LogP contribution in [0.1, 0.15) is 53.9 Å². The first-order valence-electron chi connectivity index (χ1n) is 12.6. The van der Waals surface area contributed by atoms with Gasteiger partial charge in [0.05, 0.1) is 22.9 Å². The molecule has 0 saturated carbocycles. The van der Waals surface area contributed by atoms with Crippen molar-refractivity contribution in [2.24, 2.45) is 0 Å². The quantitative estimate of drug-likeness (QED) is 0.164. The number of allylic oxidation sites excluding steroid dienone is 1. The lowest BCUT2D eigenvalue weighted by atomic mass is 9.95. The SMILES string of the molecule is C=CCn1c2ccccc2c2nnc(SC(CC)C(=O)Nc3sc4c(c3C(=O)OCC)CCCC4)nc21. The van der Waals surface area contributed by atoms with E-state index in [1.165, 1.54) is 28.0 Å². The van der Waals surface area contributed by atoms with Crippen molar-refractivity contribution in [2.75, 3.05) is 11.9 Å². The number of rotatable bonds is 9. The van der Waals surface area contributed by atoms with Crippen molar-refractivity contribution in [3.05, 3.63) is 52.9 Å². The highest BCUT2D eigenvalue weighted by atomic mass is 32.2. The van der Waals surface area contributed by atoms with E-state index in [0.29, 0.717) is 40.9 Å². The van der Waals surface area contributed by atoms with Crippen molar-refractivity contribution in [1.29, 1.82) is 0 Å². The third-order valence-electron chi connectivity index (χ3n) is 6.46. The van der Waals surface area contributed by atoms with Crippen molar-refractivity contribution in [2.45, 2.75) is 62.9 Å². The molecule has 1 aliphatic carbocycles. The molecule has 1 amide bonds. The van der Waals surface area contributed by atoms with Crippen LogP contribution in [-0.2, 0) is 28.9 Å². The second kappa shape index (κ2) is 11.0. The zero-order valence-electron chi connectivity index (χ0n) is 21.0. The van der Waals surface area contributed by atoms with Crippen molar-refractivity contribution in [1.82, 2.24) is 19.7 Å². The summed E-state index contributed by atoms with van der Waals surface area (Å²) in [5, 5.41) is 13.4. The van der Waals surface area contributed by atoms with Crippen molar-refractivity contribution < 1.29 is 14.3 Å². The van der Waals surface area contributed by atoms with Crippen LogP contribution in [0.4, 0.5) is 5.00 Å². The van der Waals surface area contributed by atoms with Gasteiger partial charge in [-0.3, -0.25) is 4.79 Å². The Bertz CT molecular complexity index is 1490. The van der Waals surface area contributed by atoms with E-state index in [9.17, 15) is 9.59 Å². The van der Waals surface area contributed by atoms with E-state index in [1.807, 2.05) is 37.3 Å². The molecule has 0 aliphatic heterocycles. The molecule has 0 radical (unpaired) electrons. The monoisotopic (exact) mass is 535 g/mol. The molecule has 1 aliphatic rings. The first-order chi connectivity index (χ1) is 18.0. The van der Waals surface area contributed by atoms with Crippen LogP contribution >= 0.6 is 23.1 Å². The number of nitrogens with zero attached hydrogens (tertiary/aromatic N) is 4. The molecule has 1 N–H and O–H groups in total. The summed E-state index contributed by atoms with van der Waals surface area (Å²) < 4.78 is 7.38. The summed E-state index contributed by atoms with van der Waals surface area (Å²) in [7, 11) is 0. The lowest BCUT2D eigenvalue weighted by Gasteiger charge is -2.14. The molecule has 192 valence electrons. The highest BCUT2D eigenvalue weighted by Crippen LogP contribution is 2.39. The number of nitrogens with one attached hydrogen (secondary N) is 1. The van der Waals surface area contributed by atoms with Crippen LogP contribution in [0.2, 0.25) is 0 Å². The van der Waals surface area contributed by atoms with E-state index in [0.717, 1.165) is 47.7 Å². The number of hydrogen-bond donors (Lipinski definition) is 1. The van der Waals surface area contributed by atoms with Crippen molar-refractivity contribution in [3.8, 4) is 0 Å². The minimum atomic E-state index is -0.453. The van der Waals surface area contributed by atoms with E-state index in [1.54, 1.807) is 6.92 Å². The Kier molecular flexibility index (Phi) is 7.57. The Morgan fingerprint density at radius 2 is 2.05 bits per heavy atom. The summed E-state index contributed by atoms with van der Waals surface area (Å²) in [6.07, 6.45) is 6.27. The first kappa shape index (κ1) is 25.4. The zero-order valence-corrected chi connectivity index (χ0v) is 22.6. The third-order valence-corrected chi connectivity index (χ3v) is 8.89. The normalized spacial score (nSPS) is 13.9. The number of thiophene rings is 1. The molecule has 1 aromatic carbocycles. The number of aromatic nitrogens is 4. The Hall–Kier alpha value is -3.24. The highest BCUT2D eigenvalue weighted by molar-refractivity contribution is 8.00. The minimum absolute atomic E-state index is 0.188. The molecule has 37 heavy (non-hydrogen) atoms. The summed E-state index contributed by atoms with van der Waals surface area (Å²) in [6, 6.07) is 7.98. The third kappa shape index (κ3) is 4.87. The predicted octanol–water partition coefficient (Wildman–Crippen LogP) is 5.79. The maximum Gasteiger partial charge on any atom is 0.341 e. The Balaban J connectivity index is 1.42. The second-order valence-electron chi connectivity index (χ2n) is 8.82. The summed E-state index contributed by atoms with van der Waals surface area (Å²) in [5.74, 6) is -0.557. The molecule has 8 nitrogen and oxygen atoms in total. The van der Waals surface area contributed by atoms with E-state index in [-0.39, 0.29) is 11.9 Å². The van der Waals surface area contributed by atoms with Crippen LogP contribution in [0.5, 0.6) is 0 Å². The second-order valence-corrected chi connectivity index (χ2v) is 11.1. The molecule has 3 heterocycles. The minimum Gasteiger partial charge on any atom is -0.462 e. The number of carbonyl (C=O) groups excluding carboxylic acids is 2. The van der Waals surface area contributed by atoms with Crippen LogP contribution in [-0.4, -0.2) is 43.5 Å². The van der Waals surface area contributed by atoms with E-state index in [4.69, 9.17) is 9.72 Å². The van der Waals surface area contributed by atoms with Gasteiger partial charge in [-0.05, 0) is 50.7 Å². The van der Waals surface area contributed by atoms with Gasteiger partial charge in [0.25, 0.3) is 0 Å². The van der Waals surface area contributed by atoms with E-state index >= 15 is 0 Å². The maximum atomic E-state index is 13.4. The Morgan fingerprint density at radius 3 is 2.84 bits per heavy atom. The fraction of sp³-hybridized carbons (Fsp3) is 0.370. The number of ether oxygens (including phenoxy) is 1. The Labute approximate surface area is 223 Å². The maximum absolute atomic E-state index is 13.4. The molecule has 1 unspecified atom stereocenters. The number of anilines is 1. The number of esters is 1. The van der Waals surface area contributed by atoms with Crippen LogP contribution in [0, 0.1) is 0 Å². The number of thioether (sulfide) groups is 1. The van der Waals surface area contributed by atoms with Crippen LogP contribution in [0.25, 0.3) is 22.1 Å². The van der Waals surface area contributed by atoms with E-state index in [2.05, 4.69) is 26.7 Å². The number of fused-ring (bicyclic) bond motifs is 4. The van der Waals surface area contributed by atoms with Crippen LogP contribution in [0.15, 0.2) is 42.1 Å². The summed E-state index contributed by atoms with van der Waals surface area (Å²) >= 11 is 2.77. The molecule has 4 aromatic rings. The van der Waals surface area contributed by atoms with Crippen LogP contribution in [0.3, 0.4) is 0 Å². The molecule has 5 rings (SSSR count). The van der Waals surface area contributed by atoms with Gasteiger partial charge in [0, 0.05) is 16.8 Å². The average Bonchev–Trinajstić information content (AvgIpc) is 3.42. The van der Waals surface area contributed by atoms with Crippen LogP contribution < -0.4 is 5.32 Å². The molecule has 0 spiro atoms. The molecule has 3 aromatic heterocycles. The molecule has 0 fully saturated rings. The largest absolute Gasteiger partial charge is 0.462 e. The molecule has 1 atom stereocenters. The van der Waals surface area contributed by atoms with Gasteiger partial charge in [-0.1, -0.05) is 43.0 Å². The smallest absolute Gasteiger partial charge is 0.341 e. The van der Waals surface area contributed by atoms with Gasteiger partial charge in [0.1, 0.15) is 10.5 Å².